The molecule has 0 spiro atoms. The van der Waals surface area contributed by atoms with Gasteiger partial charge >= 0.3 is 0 Å². The molecule has 1 aromatic heterocycles. The van der Waals surface area contributed by atoms with Crippen LogP contribution in [0, 0.1) is 23.2 Å². The molecule has 1 saturated heterocycles. The van der Waals surface area contributed by atoms with E-state index >= 15 is 0 Å². The summed E-state index contributed by atoms with van der Waals surface area (Å²) in [5.41, 5.74) is 2.72. The van der Waals surface area contributed by atoms with Crippen molar-refractivity contribution in [1.82, 2.24) is 19.8 Å². The van der Waals surface area contributed by atoms with E-state index in [1.165, 1.54) is 11.0 Å². The van der Waals surface area contributed by atoms with E-state index in [0.717, 1.165) is 48.6 Å². The number of benzene rings is 2. The van der Waals surface area contributed by atoms with Gasteiger partial charge < -0.3 is 20.6 Å². The fraction of sp³-hybridized carbons (Fsp3) is 0.559. The molecule has 43 heavy (non-hydrogen) atoms. The van der Waals surface area contributed by atoms with Crippen LogP contribution in [0.1, 0.15) is 59.1 Å². The molecule has 3 unspecified atom stereocenters. The van der Waals surface area contributed by atoms with E-state index in [1.807, 2.05) is 42.5 Å². The van der Waals surface area contributed by atoms with Crippen molar-refractivity contribution in [3.05, 3.63) is 69.7 Å². The molecular formula is C34H45ClN6O2. The van der Waals surface area contributed by atoms with Crippen LogP contribution in [0.2, 0.25) is 5.02 Å². The number of aliphatic imine (C=N–C) groups is 1. The summed E-state index contributed by atoms with van der Waals surface area (Å²) in [7, 11) is 0. The fourth-order valence-electron chi connectivity index (χ4n) is 7.89. The minimum Gasteiger partial charge on any atom is -0.394 e. The third kappa shape index (κ3) is 5.94. The Bertz CT molecular complexity index is 1540. The predicted molar refractivity (Wildman–Crippen MR) is 175 cm³/mol. The van der Waals surface area contributed by atoms with Gasteiger partial charge in [-0.15, -0.1) is 0 Å². The first-order chi connectivity index (χ1) is 20.5. The predicted octanol–water partition coefficient (Wildman–Crippen LogP) is 5.35. The summed E-state index contributed by atoms with van der Waals surface area (Å²) in [6.07, 6.45) is 4.52. The zero-order chi connectivity index (χ0) is 30.5. The molecule has 9 heteroatoms. The van der Waals surface area contributed by atoms with Crippen LogP contribution in [0.25, 0.3) is 10.9 Å². The molecule has 1 aliphatic heterocycles. The van der Waals surface area contributed by atoms with E-state index < -0.39 is 6.04 Å². The highest BCUT2D eigenvalue weighted by atomic mass is 35.5. The van der Waals surface area contributed by atoms with Crippen molar-refractivity contribution in [2.24, 2.45) is 28.2 Å². The van der Waals surface area contributed by atoms with Gasteiger partial charge in [0.1, 0.15) is 0 Å². The topological polar surface area (TPSA) is 94.8 Å². The summed E-state index contributed by atoms with van der Waals surface area (Å²) in [6, 6.07) is 13.8. The molecule has 2 bridgehead atoms. The van der Waals surface area contributed by atoms with Crippen molar-refractivity contribution in [3.8, 4) is 0 Å². The Morgan fingerprint density at radius 2 is 1.86 bits per heavy atom. The van der Waals surface area contributed by atoms with Crippen LogP contribution in [-0.4, -0.2) is 63.3 Å². The summed E-state index contributed by atoms with van der Waals surface area (Å²) in [4.78, 5) is 26.0. The van der Waals surface area contributed by atoms with Crippen molar-refractivity contribution >= 4 is 34.2 Å². The highest BCUT2D eigenvalue weighted by molar-refractivity contribution is 6.30. The minimum absolute atomic E-state index is 0.166. The number of fused-ring (bicyclic) bond motifs is 3. The monoisotopic (exact) mass is 604 g/mol. The summed E-state index contributed by atoms with van der Waals surface area (Å²) >= 11 is 6.03. The minimum atomic E-state index is -0.424. The molecule has 3 saturated carbocycles. The van der Waals surface area contributed by atoms with Gasteiger partial charge in [-0.1, -0.05) is 44.5 Å². The maximum atomic E-state index is 13.5. The molecular weight excluding hydrogens is 560 g/mol. The van der Waals surface area contributed by atoms with Gasteiger partial charge in [0.25, 0.3) is 5.56 Å². The van der Waals surface area contributed by atoms with Crippen LogP contribution in [0.15, 0.2) is 58.6 Å². The fourth-order valence-corrected chi connectivity index (χ4v) is 8.01. The molecule has 230 valence electrons. The number of aromatic nitrogens is 2. The highest BCUT2D eigenvalue weighted by Crippen LogP contribution is 2.61. The van der Waals surface area contributed by atoms with E-state index in [-0.39, 0.29) is 12.2 Å². The van der Waals surface area contributed by atoms with Gasteiger partial charge in [0.05, 0.1) is 35.9 Å². The highest BCUT2D eigenvalue weighted by Gasteiger charge is 2.56. The van der Waals surface area contributed by atoms with Crippen molar-refractivity contribution < 1.29 is 5.11 Å². The molecule has 2 heterocycles. The maximum Gasteiger partial charge on any atom is 0.261 e. The first-order valence-corrected chi connectivity index (χ1v) is 16.1. The first-order valence-electron chi connectivity index (χ1n) is 15.8. The van der Waals surface area contributed by atoms with E-state index in [0.29, 0.717) is 51.8 Å². The largest absolute Gasteiger partial charge is 0.394 e. The number of guanidine groups is 1. The molecule has 3 aliphatic carbocycles. The number of rotatable bonds is 6. The molecule has 3 N–H and O–H groups in total. The maximum absolute atomic E-state index is 13.5. The Kier molecular flexibility index (Phi) is 8.31. The molecule has 4 aliphatic rings. The van der Waals surface area contributed by atoms with Crippen molar-refractivity contribution in [2.45, 2.75) is 78.0 Å². The number of nitrogens with one attached hydrogen (secondary N) is 2. The number of halogens is 1. The van der Waals surface area contributed by atoms with E-state index in [2.05, 4.69) is 55.1 Å². The lowest BCUT2D eigenvalue weighted by Crippen LogP contribution is -2.59. The van der Waals surface area contributed by atoms with Gasteiger partial charge in [-0.2, -0.15) is 0 Å². The smallest absolute Gasteiger partial charge is 0.261 e. The SMILES string of the molecule is C[C@@H]1CN(C(=NC2CC3C[C@@H]([C@@H]2C)C3(C)C)Nc2ccc3c(=O)n(C(CO)Cc4ccc(Cl)cc4)cnc3c2)C[C@@H](C)N1. The number of hydrogen-bond donors (Lipinski definition) is 3. The van der Waals surface area contributed by atoms with Gasteiger partial charge in [0.2, 0.25) is 0 Å². The van der Waals surface area contributed by atoms with Crippen LogP contribution >= 0.6 is 11.6 Å². The van der Waals surface area contributed by atoms with Gasteiger partial charge in [-0.25, -0.2) is 9.98 Å². The van der Waals surface area contributed by atoms with Crippen molar-refractivity contribution in [1.29, 1.82) is 0 Å². The molecule has 7 atom stereocenters. The molecule has 0 amide bonds. The third-order valence-corrected chi connectivity index (χ3v) is 10.7. The quantitative estimate of drug-likeness (QED) is 0.259. The summed E-state index contributed by atoms with van der Waals surface area (Å²) in [5, 5.41) is 18.6. The van der Waals surface area contributed by atoms with Gasteiger partial charge in [0.15, 0.2) is 5.96 Å². The molecule has 8 nitrogen and oxygen atoms in total. The first kappa shape index (κ1) is 30.1. The number of aliphatic hydroxyl groups excluding tert-OH is 1. The van der Waals surface area contributed by atoms with Crippen LogP contribution in [0.4, 0.5) is 5.69 Å². The standard InChI is InChI=1S/C34H45ClN6O2/c1-20-16-40(17-21(2)37-20)33(39-30-14-24-13-29(22(30)3)34(24,4)5)38-26-10-11-28-31(15-26)36-19-41(32(28)43)27(18-42)12-23-6-8-25(35)9-7-23/h6-11,15,19-22,24,27,29-30,37,42H,12-14,16-18H2,1-5H3,(H,38,39)/t20-,21-,22+,24?,27?,29+,30?/m1/s1. The molecule has 7 rings (SSSR count). The van der Waals surface area contributed by atoms with Crippen LogP contribution < -0.4 is 16.2 Å². The molecule has 4 fully saturated rings. The third-order valence-electron chi connectivity index (χ3n) is 10.5. The Morgan fingerprint density at radius 3 is 2.51 bits per heavy atom. The summed E-state index contributed by atoms with van der Waals surface area (Å²) < 4.78 is 1.54. The Morgan fingerprint density at radius 1 is 1.14 bits per heavy atom. The Labute approximate surface area is 259 Å². The van der Waals surface area contributed by atoms with Crippen LogP contribution in [0.3, 0.4) is 0 Å². The average Bonchev–Trinajstić information content (AvgIpc) is 2.97. The second-order valence-electron chi connectivity index (χ2n) is 13.8. The molecule has 0 radical (unpaired) electrons. The van der Waals surface area contributed by atoms with Crippen LogP contribution in [0.5, 0.6) is 0 Å². The number of piperazine rings is 1. The average molecular weight is 605 g/mol. The lowest BCUT2D eigenvalue weighted by molar-refractivity contribution is -0.108. The van der Waals surface area contributed by atoms with E-state index in [9.17, 15) is 9.90 Å². The van der Waals surface area contributed by atoms with E-state index in [4.69, 9.17) is 16.6 Å². The molecule has 3 aromatic rings. The zero-order valence-corrected chi connectivity index (χ0v) is 26.7. The summed E-state index contributed by atoms with van der Waals surface area (Å²) in [6.45, 7) is 13.3. The van der Waals surface area contributed by atoms with Gasteiger partial charge in [-0.3, -0.25) is 9.36 Å². The second-order valence-corrected chi connectivity index (χ2v) is 14.3. The van der Waals surface area contributed by atoms with Gasteiger partial charge in [0, 0.05) is 35.9 Å². The zero-order valence-electron chi connectivity index (χ0n) is 25.9. The lowest BCUT2D eigenvalue weighted by Gasteiger charge is -2.61. The van der Waals surface area contributed by atoms with Crippen molar-refractivity contribution in [2.75, 3.05) is 25.0 Å². The number of nitrogens with zero attached hydrogens (tertiary/aromatic N) is 4. The number of aliphatic hydroxyl groups is 1. The Hall–Kier alpha value is -2.94. The normalized spacial score (nSPS) is 29.3. The van der Waals surface area contributed by atoms with Crippen molar-refractivity contribution in [3.63, 3.8) is 0 Å². The molecule has 2 aromatic carbocycles. The number of anilines is 1. The van der Waals surface area contributed by atoms with Crippen LogP contribution in [-0.2, 0) is 6.42 Å². The summed E-state index contributed by atoms with van der Waals surface area (Å²) in [5.74, 6) is 2.90. The van der Waals surface area contributed by atoms with Gasteiger partial charge in [-0.05, 0) is 92.2 Å². The Balaban J connectivity index is 1.27. The van der Waals surface area contributed by atoms with E-state index in [1.54, 1.807) is 6.33 Å². The lowest BCUT2D eigenvalue weighted by atomic mass is 9.45. The second kappa shape index (κ2) is 11.9. The number of hydrogen-bond acceptors (Lipinski definition) is 5.